The number of amides is 12. The summed E-state index contributed by atoms with van der Waals surface area (Å²) in [5.41, 5.74) is 24.3. The van der Waals surface area contributed by atoms with Gasteiger partial charge in [-0.05, 0) is 103 Å². The second-order valence-corrected chi connectivity index (χ2v) is 25.1. The van der Waals surface area contributed by atoms with Crippen molar-refractivity contribution >= 4 is 99.2 Å². The molecule has 1 saturated heterocycles. The number of pyridine rings is 1. The van der Waals surface area contributed by atoms with Crippen molar-refractivity contribution in [3.63, 3.8) is 0 Å². The summed E-state index contributed by atoms with van der Waals surface area (Å²) >= 11 is 6.22. The summed E-state index contributed by atoms with van der Waals surface area (Å²) < 4.78 is 0. The lowest BCUT2D eigenvalue weighted by Gasteiger charge is -2.31. The molecule has 2 heterocycles. The number of hydrogen-bond acceptors (Lipinski definition) is 15. The minimum Gasteiger partial charge on any atom is -0.394 e. The Labute approximate surface area is 578 Å². The zero-order valence-electron chi connectivity index (χ0n) is 55.7. The van der Waals surface area contributed by atoms with Gasteiger partial charge in [0.2, 0.25) is 70.9 Å². The third-order valence-electron chi connectivity index (χ3n) is 16.3. The first-order valence-electron chi connectivity index (χ1n) is 32.6. The van der Waals surface area contributed by atoms with Crippen molar-refractivity contribution in [1.82, 2.24) is 57.7 Å². The van der Waals surface area contributed by atoms with Gasteiger partial charge >= 0.3 is 0 Å². The standard InChI is InChI=1S/C69H89ClN16O13/c1-39(2)32-51(61(92)80-50(21-12-30-76-69(73)74)68(99)86-31-13-22-57(86)67(98)77-40(3)59(72)90)81-63(94)54(35-44-16-11-29-75-37-44)82-60(91)49(27-28-58(71)89)79-66(97)56(38-87)85-64(95)52(33-42-14-6-5-7-15-42)83-62(93)53(34-43-23-25-47(70)26-24-43)84-65(96)55(78-41(4)88)36-46-19-10-18-45-17-8-9-20-48(45)46/h5-11,14-20,23-26,29,37,39-40,49-57,87H,12-13,21-22,27-28,30-36,38H2,1-4H3,(H2,71,89)(H2,72,90)(H,77,98)(H,78,88)(H,79,97)(H,80,92)(H,81,94)(H,82,91)(H,83,93)(H,84,96)(H,85,95)(H4,73,74,76)/t40-,49+,50+,51+,52-,53-,54-,55-,56+,57+/m1/s1. The highest BCUT2D eigenvalue weighted by Crippen LogP contribution is 2.23. The van der Waals surface area contributed by atoms with Gasteiger partial charge in [-0.15, -0.1) is 0 Å². The summed E-state index contributed by atoms with van der Waals surface area (Å²) in [5, 5.41) is 36.7. The van der Waals surface area contributed by atoms with Crippen LogP contribution in [0.5, 0.6) is 0 Å². The van der Waals surface area contributed by atoms with Crippen LogP contribution in [0, 0.1) is 5.92 Å². The van der Waals surface area contributed by atoms with Gasteiger partial charge in [-0.2, -0.15) is 0 Å². The van der Waals surface area contributed by atoms with Gasteiger partial charge in [-0.25, -0.2) is 0 Å². The Morgan fingerprint density at radius 3 is 1.66 bits per heavy atom. The molecule has 1 aromatic heterocycles. The molecule has 530 valence electrons. The largest absolute Gasteiger partial charge is 0.394 e. The van der Waals surface area contributed by atoms with Crippen LogP contribution >= 0.6 is 11.6 Å². The number of likely N-dealkylation sites (tertiary alicyclic amines) is 1. The number of halogens is 1. The molecule has 1 aliphatic rings. The van der Waals surface area contributed by atoms with Crippen LogP contribution in [0.25, 0.3) is 10.8 Å². The molecule has 6 rings (SSSR count). The highest BCUT2D eigenvalue weighted by molar-refractivity contribution is 6.30. The molecule has 1 aliphatic heterocycles. The molecule has 30 heteroatoms. The van der Waals surface area contributed by atoms with E-state index in [1.165, 1.54) is 31.1 Å². The summed E-state index contributed by atoms with van der Waals surface area (Å²) in [4.78, 5) is 176. The average molecular weight is 1390 g/mol. The number of benzene rings is 4. The molecule has 0 spiro atoms. The Bertz CT molecular complexity index is 3670. The maximum absolute atomic E-state index is 14.8. The van der Waals surface area contributed by atoms with Gasteiger partial charge in [0.1, 0.15) is 60.4 Å². The lowest BCUT2D eigenvalue weighted by atomic mass is 9.97. The number of aliphatic hydroxyl groups excluding tert-OH is 1. The summed E-state index contributed by atoms with van der Waals surface area (Å²) in [7, 11) is 0. The van der Waals surface area contributed by atoms with Crippen molar-refractivity contribution in [2.75, 3.05) is 19.7 Å². The molecule has 5 aromatic rings. The zero-order valence-corrected chi connectivity index (χ0v) is 56.4. The maximum Gasteiger partial charge on any atom is 0.245 e. The number of guanidine groups is 1. The van der Waals surface area contributed by atoms with Crippen LogP contribution in [0.2, 0.25) is 5.02 Å². The van der Waals surface area contributed by atoms with Gasteiger partial charge in [0.05, 0.1) is 6.61 Å². The van der Waals surface area contributed by atoms with Crippen molar-refractivity contribution in [3.05, 3.63) is 149 Å². The van der Waals surface area contributed by atoms with E-state index < -0.39 is 151 Å². The normalized spacial score (nSPS) is 15.3. The highest BCUT2D eigenvalue weighted by Gasteiger charge is 2.40. The van der Waals surface area contributed by atoms with Crippen LogP contribution in [-0.4, -0.2) is 172 Å². The number of nitrogens with one attached hydrogen (secondary N) is 9. The Morgan fingerprint density at radius 1 is 0.566 bits per heavy atom. The quantitative estimate of drug-likeness (QED) is 0.0134. The molecular formula is C69H89ClN16O13. The fourth-order valence-electron chi connectivity index (χ4n) is 11.2. The first kappa shape index (κ1) is 77.5. The van der Waals surface area contributed by atoms with E-state index in [0.717, 1.165) is 16.3 Å². The van der Waals surface area contributed by atoms with E-state index in [-0.39, 0.29) is 76.3 Å². The number of fused-ring (bicyclic) bond motifs is 1. The summed E-state index contributed by atoms with van der Waals surface area (Å²) in [6, 6.07) is 17.3. The monoisotopic (exact) mass is 1380 g/mol. The van der Waals surface area contributed by atoms with E-state index >= 15 is 0 Å². The minimum absolute atomic E-state index is 0.00464. The fourth-order valence-corrected chi connectivity index (χ4v) is 11.4. The van der Waals surface area contributed by atoms with Crippen LogP contribution in [0.1, 0.15) is 94.9 Å². The highest BCUT2D eigenvalue weighted by atomic mass is 35.5. The van der Waals surface area contributed by atoms with Crippen molar-refractivity contribution in [2.45, 2.75) is 159 Å². The van der Waals surface area contributed by atoms with E-state index in [9.17, 15) is 62.6 Å². The van der Waals surface area contributed by atoms with Gasteiger partial charge in [-0.3, -0.25) is 67.5 Å². The molecule has 18 N–H and O–H groups in total. The second kappa shape index (κ2) is 38.4. The molecule has 0 radical (unpaired) electrons. The topological polar surface area (TPSA) is 466 Å². The SMILES string of the molecule is CC(=O)N[C@H](Cc1cccc2ccccc12)C(=O)N[C@H](Cc1ccc(Cl)cc1)C(=O)N[C@H](Cc1ccccc1)C(=O)N[C@@H](CO)C(=O)N[C@@H](CCC(N)=O)C(=O)N[C@H](Cc1cccnc1)C(=O)N[C@@H](CC(C)C)C(=O)N[C@@H](CCCN=C(N)N)C(=O)N1CCC[C@H]1C(=O)N[C@H](C)C(N)=O. The maximum atomic E-state index is 14.8. The molecule has 0 saturated carbocycles. The molecule has 0 aliphatic carbocycles. The minimum atomic E-state index is -1.85. The van der Waals surface area contributed by atoms with Gasteiger partial charge in [0.15, 0.2) is 5.96 Å². The predicted octanol–water partition coefficient (Wildman–Crippen LogP) is -0.604. The molecule has 12 amide bonds. The third-order valence-corrected chi connectivity index (χ3v) is 16.6. The van der Waals surface area contributed by atoms with Crippen molar-refractivity contribution in [1.29, 1.82) is 0 Å². The van der Waals surface area contributed by atoms with E-state index in [2.05, 4.69) is 57.8 Å². The molecule has 29 nitrogen and oxygen atoms in total. The van der Waals surface area contributed by atoms with Crippen molar-refractivity contribution in [2.24, 2.45) is 33.8 Å². The molecular weight excluding hydrogens is 1300 g/mol. The molecule has 0 bridgehead atoms. The van der Waals surface area contributed by atoms with Crippen LogP contribution in [0.3, 0.4) is 0 Å². The fraction of sp³-hybridized carbons (Fsp3) is 0.420. The number of rotatable bonds is 37. The number of primary amides is 2. The summed E-state index contributed by atoms with van der Waals surface area (Å²) in [5.74, 6) is -10.5. The van der Waals surface area contributed by atoms with E-state index in [0.29, 0.717) is 28.1 Å². The number of aliphatic hydroxyl groups is 1. The third kappa shape index (κ3) is 24.8. The number of nitrogens with zero attached hydrogens (tertiary/aromatic N) is 3. The first-order valence-corrected chi connectivity index (χ1v) is 33.0. The lowest BCUT2D eigenvalue weighted by molar-refractivity contribution is -0.142. The van der Waals surface area contributed by atoms with Gasteiger partial charge in [0.25, 0.3) is 0 Å². The summed E-state index contributed by atoms with van der Waals surface area (Å²) in [6.45, 7) is 5.31. The first-order chi connectivity index (χ1) is 47.2. The Morgan fingerprint density at radius 2 is 1.08 bits per heavy atom. The van der Waals surface area contributed by atoms with E-state index in [4.69, 9.17) is 34.5 Å². The van der Waals surface area contributed by atoms with Gasteiger partial charge < -0.3 is 80.8 Å². The molecule has 10 atom stereocenters. The van der Waals surface area contributed by atoms with Crippen molar-refractivity contribution in [3.8, 4) is 0 Å². The predicted molar refractivity (Wildman–Crippen MR) is 368 cm³/mol. The Balaban J connectivity index is 1.23. The van der Waals surface area contributed by atoms with Crippen LogP contribution in [-0.2, 0) is 83.2 Å². The number of aliphatic imine (C=N–C) groups is 1. The molecule has 4 aromatic carbocycles. The Kier molecular flexibility index (Phi) is 30.0. The van der Waals surface area contributed by atoms with Crippen LogP contribution in [0.15, 0.2) is 127 Å². The number of hydrogen-bond donors (Lipinski definition) is 14. The smallest absolute Gasteiger partial charge is 0.245 e. The van der Waals surface area contributed by atoms with Crippen LogP contribution < -0.4 is 70.8 Å². The van der Waals surface area contributed by atoms with Gasteiger partial charge in [0, 0.05) is 69.5 Å². The number of nitrogens with two attached hydrogens (primary N) is 4. The number of carbonyl (C=O) groups is 12. The van der Waals surface area contributed by atoms with E-state index in [1.54, 1.807) is 80.6 Å². The van der Waals surface area contributed by atoms with Crippen molar-refractivity contribution < 1.29 is 62.6 Å². The number of carbonyl (C=O) groups excluding carboxylic acids is 12. The molecule has 99 heavy (non-hydrogen) atoms. The average Bonchev–Trinajstić information content (AvgIpc) is 1.82. The lowest BCUT2D eigenvalue weighted by Crippen LogP contribution is -2.61. The molecule has 0 unspecified atom stereocenters. The summed E-state index contributed by atoms with van der Waals surface area (Å²) in [6.07, 6.45) is 2.17. The second-order valence-electron chi connectivity index (χ2n) is 24.7. The van der Waals surface area contributed by atoms with Gasteiger partial charge in [-0.1, -0.05) is 116 Å². The zero-order chi connectivity index (χ0) is 72.3. The number of aromatic nitrogens is 1. The molecule has 1 fully saturated rings. The van der Waals surface area contributed by atoms with Crippen LogP contribution in [0.4, 0.5) is 0 Å². The van der Waals surface area contributed by atoms with E-state index in [1.807, 2.05) is 42.5 Å². The Hall–Kier alpha value is -10.5.